The number of hydrogen-bond donors (Lipinski definition) is 1. The summed E-state index contributed by atoms with van der Waals surface area (Å²) in [6.07, 6.45) is 1.39. The van der Waals surface area contributed by atoms with Gasteiger partial charge in [0.1, 0.15) is 23.8 Å². The normalized spacial score (nSPS) is 14.9. The zero-order valence-electron chi connectivity index (χ0n) is 17.9. The quantitative estimate of drug-likeness (QED) is 0.322. The molecule has 2 amide bonds. The van der Waals surface area contributed by atoms with Gasteiger partial charge in [0.05, 0.1) is 12.8 Å². The van der Waals surface area contributed by atoms with Crippen molar-refractivity contribution in [1.29, 1.82) is 0 Å². The highest BCUT2D eigenvalue weighted by Crippen LogP contribution is 2.31. The van der Waals surface area contributed by atoms with Gasteiger partial charge in [0.15, 0.2) is 16.6 Å². The summed E-state index contributed by atoms with van der Waals surface area (Å²) in [5.41, 5.74) is 1.02. The fourth-order valence-corrected chi connectivity index (χ4v) is 3.59. The van der Waals surface area contributed by atoms with E-state index < -0.39 is 17.6 Å². The molecule has 1 aliphatic rings. The number of methoxy groups -OCH3 is 1. The van der Waals surface area contributed by atoms with Crippen LogP contribution in [0.25, 0.3) is 6.08 Å². The van der Waals surface area contributed by atoms with Crippen LogP contribution in [-0.4, -0.2) is 24.0 Å². The number of benzene rings is 3. The lowest BCUT2D eigenvalue weighted by Crippen LogP contribution is -2.54. The minimum absolute atomic E-state index is 0.00552. The molecule has 9 heteroatoms. The molecule has 0 radical (unpaired) electrons. The summed E-state index contributed by atoms with van der Waals surface area (Å²) in [6, 6.07) is 16.2. The van der Waals surface area contributed by atoms with Gasteiger partial charge in [0.2, 0.25) is 0 Å². The van der Waals surface area contributed by atoms with E-state index in [0.717, 1.165) is 4.90 Å². The number of halogens is 2. The highest BCUT2D eigenvalue weighted by Gasteiger charge is 2.34. The van der Waals surface area contributed by atoms with Crippen molar-refractivity contribution >= 4 is 40.9 Å². The molecule has 0 unspecified atom stereocenters. The molecule has 1 heterocycles. The minimum Gasteiger partial charge on any atom is -0.493 e. The van der Waals surface area contributed by atoms with E-state index in [1.807, 2.05) is 0 Å². The van der Waals surface area contributed by atoms with Crippen LogP contribution in [0.4, 0.5) is 14.5 Å². The van der Waals surface area contributed by atoms with Crippen LogP contribution in [0.15, 0.2) is 72.3 Å². The molecule has 3 aromatic rings. The van der Waals surface area contributed by atoms with E-state index in [9.17, 15) is 18.4 Å². The second-order valence-electron chi connectivity index (χ2n) is 7.22. The third-order valence-electron chi connectivity index (χ3n) is 5.03. The average Bonchev–Trinajstić information content (AvgIpc) is 2.82. The van der Waals surface area contributed by atoms with Crippen LogP contribution in [0.2, 0.25) is 0 Å². The van der Waals surface area contributed by atoms with Gasteiger partial charge in [-0.2, -0.15) is 0 Å². The molecule has 0 aliphatic carbocycles. The Hall–Kier alpha value is -4.11. The van der Waals surface area contributed by atoms with Gasteiger partial charge in [0, 0.05) is 5.56 Å². The second kappa shape index (κ2) is 9.80. The molecule has 1 N–H and O–H groups in total. The molecule has 3 aromatic carbocycles. The second-order valence-corrected chi connectivity index (χ2v) is 7.61. The van der Waals surface area contributed by atoms with E-state index in [-0.39, 0.29) is 23.1 Å². The highest BCUT2D eigenvalue weighted by atomic mass is 32.1. The van der Waals surface area contributed by atoms with Crippen molar-refractivity contribution in [1.82, 2.24) is 5.32 Å². The van der Waals surface area contributed by atoms with Crippen LogP contribution in [0.5, 0.6) is 11.5 Å². The Morgan fingerprint density at radius 1 is 1.00 bits per heavy atom. The van der Waals surface area contributed by atoms with E-state index in [2.05, 4.69) is 5.32 Å². The number of carbonyl (C=O) groups excluding carboxylic acids is 2. The topological polar surface area (TPSA) is 67.9 Å². The molecule has 4 rings (SSSR count). The molecule has 0 atom stereocenters. The molecular formula is C25H18F2N2O4S. The van der Waals surface area contributed by atoms with Crippen molar-refractivity contribution in [3.8, 4) is 11.5 Å². The smallest absolute Gasteiger partial charge is 0.270 e. The maximum absolute atomic E-state index is 13.9. The number of rotatable bonds is 6. The maximum atomic E-state index is 13.9. The maximum Gasteiger partial charge on any atom is 0.270 e. The predicted octanol–water partition coefficient (Wildman–Crippen LogP) is 4.38. The van der Waals surface area contributed by atoms with Crippen LogP contribution in [-0.2, 0) is 16.2 Å². The summed E-state index contributed by atoms with van der Waals surface area (Å²) in [5.74, 6) is -1.47. The van der Waals surface area contributed by atoms with Crippen molar-refractivity contribution < 1.29 is 27.8 Å². The molecular weight excluding hydrogens is 462 g/mol. The van der Waals surface area contributed by atoms with E-state index >= 15 is 0 Å². The van der Waals surface area contributed by atoms with Crippen LogP contribution in [0, 0.1) is 11.6 Å². The SMILES string of the molecule is COc1cc(/C=C2/C(=O)NC(=S)N(c3ccc(F)cc3)C2=O)ccc1OCc1ccccc1F. The van der Waals surface area contributed by atoms with E-state index in [1.165, 1.54) is 43.5 Å². The number of thiocarbonyl (C=S) groups is 1. The lowest BCUT2D eigenvalue weighted by Gasteiger charge is -2.28. The molecule has 0 spiro atoms. The summed E-state index contributed by atoms with van der Waals surface area (Å²) in [7, 11) is 1.44. The first-order chi connectivity index (χ1) is 16.4. The predicted molar refractivity (Wildman–Crippen MR) is 126 cm³/mol. The third-order valence-corrected chi connectivity index (χ3v) is 5.31. The standard InChI is InChI=1S/C25H18F2N2O4S/c1-32-22-13-15(6-11-21(22)33-14-16-4-2-3-5-20(16)27)12-19-23(30)28-25(34)29(24(19)31)18-9-7-17(26)8-10-18/h2-13H,14H2,1H3,(H,28,30,34)/b19-12-. The Bertz CT molecular complexity index is 1310. The Kier molecular flexibility index (Phi) is 6.65. The van der Waals surface area contributed by atoms with Gasteiger partial charge in [-0.25, -0.2) is 8.78 Å². The molecule has 6 nitrogen and oxygen atoms in total. The summed E-state index contributed by atoms with van der Waals surface area (Å²) in [4.78, 5) is 26.7. The zero-order chi connectivity index (χ0) is 24.2. The van der Waals surface area contributed by atoms with Gasteiger partial charge in [0.25, 0.3) is 11.8 Å². The van der Waals surface area contributed by atoms with Gasteiger partial charge < -0.3 is 9.47 Å². The number of nitrogens with zero attached hydrogens (tertiary/aromatic N) is 1. The van der Waals surface area contributed by atoms with Gasteiger partial charge >= 0.3 is 0 Å². The molecule has 34 heavy (non-hydrogen) atoms. The molecule has 0 bridgehead atoms. The van der Waals surface area contributed by atoms with Crippen molar-refractivity contribution in [2.24, 2.45) is 0 Å². The number of nitrogens with one attached hydrogen (secondary N) is 1. The summed E-state index contributed by atoms with van der Waals surface area (Å²) in [5, 5.41) is 2.37. The number of carbonyl (C=O) groups is 2. The van der Waals surface area contributed by atoms with E-state index in [0.29, 0.717) is 28.3 Å². The Morgan fingerprint density at radius 2 is 1.74 bits per heavy atom. The van der Waals surface area contributed by atoms with Gasteiger partial charge in [-0.15, -0.1) is 0 Å². The first kappa shape index (κ1) is 23.1. The first-order valence-electron chi connectivity index (χ1n) is 10.1. The summed E-state index contributed by atoms with van der Waals surface area (Å²) < 4.78 is 38.2. The minimum atomic E-state index is -0.660. The summed E-state index contributed by atoms with van der Waals surface area (Å²) >= 11 is 5.14. The first-order valence-corrected chi connectivity index (χ1v) is 10.5. The lowest BCUT2D eigenvalue weighted by atomic mass is 10.1. The lowest BCUT2D eigenvalue weighted by molar-refractivity contribution is -0.122. The Morgan fingerprint density at radius 3 is 2.44 bits per heavy atom. The van der Waals surface area contributed by atoms with Gasteiger partial charge in [-0.05, 0) is 66.3 Å². The van der Waals surface area contributed by atoms with E-state index in [1.54, 1.807) is 36.4 Å². The number of anilines is 1. The number of ether oxygens (including phenoxy) is 2. The van der Waals surface area contributed by atoms with Crippen LogP contribution >= 0.6 is 12.2 Å². The van der Waals surface area contributed by atoms with Crippen LogP contribution < -0.4 is 19.7 Å². The zero-order valence-corrected chi connectivity index (χ0v) is 18.7. The van der Waals surface area contributed by atoms with Crippen molar-refractivity contribution in [2.45, 2.75) is 6.61 Å². The van der Waals surface area contributed by atoms with Crippen molar-refractivity contribution in [3.63, 3.8) is 0 Å². The largest absolute Gasteiger partial charge is 0.493 e. The molecule has 0 saturated carbocycles. The Labute approximate surface area is 199 Å². The number of hydrogen-bond acceptors (Lipinski definition) is 5. The van der Waals surface area contributed by atoms with Crippen LogP contribution in [0.3, 0.4) is 0 Å². The molecule has 1 aliphatic heterocycles. The third kappa shape index (κ3) is 4.79. The molecule has 172 valence electrons. The van der Waals surface area contributed by atoms with Crippen molar-refractivity contribution in [3.05, 3.63) is 95.1 Å². The van der Waals surface area contributed by atoms with E-state index in [4.69, 9.17) is 21.7 Å². The fraction of sp³-hybridized carbons (Fsp3) is 0.0800. The van der Waals surface area contributed by atoms with Crippen molar-refractivity contribution in [2.75, 3.05) is 12.0 Å². The molecule has 1 saturated heterocycles. The number of amides is 2. The molecule has 1 fully saturated rings. The summed E-state index contributed by atoms with van der Waals surface area (Å²) in [6.45, 7) is -0.00552. The van der Waals surface area contributed by atoms with Gasteiger partial charge in [-0.3, -0.25) is 19.8 Å². The highest BCUT2D eigenvalue weighted by molar-refractivity contribution is 7.80. The average molecular weight is 480 g/mol. The van der Waals surface area contributed by atoms with Gasteiger partial charge in [-0.1, -0.05) is 24.3 Å². The monoisotopic (exact) mass is 480 g/mol. The fourth-order valence-electron chi connectivity index (χ4n) is 3.31. The van der Waals surface area contributed by atoms with Crippen LogP contribution in [0.1, 0.15) is 11.1 Å². The molecule has 0 aromatic heterocycles. The Balaban J connectivity index is 1.60.